The Labute approximate surface area is 138 Å². The summed E-state index contributed by atoms with van der Waals surface area (Å²) in [4.78, 5) is 12.6. The molecule has 2 aromatic rings. The van der Waals surface area contributed by atoms with Crippen LogP contribution in [0.5, 0.6) is 0 Å². The lowest BCUT2D eigenvalue weighted by molar-refractivity contribution is 0.0902. The van der Waals surface area contributed by atoms with Crippen LogP contribution in [0.4, 0.5) is 0 Å². The van der Waals surface area contributed by atoms with Crippen LogP contribution in [0.25, 0.3) is 11.1 Å². The topological polar surface area (TPSA) is 49.3 Å². The summed E-state index contributed by atoms with van der Waals surface area (Å²) in [7, 11) is 0. The number of amides is 1. The summed E-state index contributed by atoms with van der Waals surface area (Å²) in [5.74, 6) is -0.0804. The number of carbonyl (C=O) groups excluding carboxylic acids is 1. The first-order valence-electron chi connectivity index (χ1n) is 8.00. The monoisotopic (exact) mass is 311 g/mol. The van der Waals surface area contributed by atoms with Gasteiger partial charge in [0.15, 0.2) is 0 Å². The van der Waals surface area contributed by atoms with Gasteiger partial charge in [-0.2, -0.15) is 0 Å². The van der Waals surface area contributed by atoms with Gasteiger partial charge in [-0.15, -0.1) is 0 Å². The van der Waals surface area contributed by atoms with Crippen molar-refractivity contribution in [3.63, 3.8) is 0 Å². The average Bonchev–Trinajstić information content (AvgIpc) is 2.52. The second-order valence-electron chi connectivity index (χ2n) is 6.81. The lowest BCUT2D eigenvalue weighted by Gasteiger charge is -2.26. The summed E-state index contributed by atoms with van der Waals surface area (Å²) in [6.07, 6.45) is 0.270. The van der Waals surface area contributed by atoms with E-state index in [1.807, 2.05) is 68.4 Å². The van der Waals surface area contributed by atoms with Crippen LogP contribution in [0.3, 0.4) is 0 Å². The number of rotatable bonds is 6. The van der Waals surface area contributed by atoms with Gasteiger partial charge < -0.3 is 10.4 Å². The molecule has 2 N–H and O–H groups in total. The van der Waals surface area contributed by atoms with Crippen LogP contribution < -0.4 is 5.32 Å². The maximum atomic E-state index is 12.6. The molecule has 3 nitrogen and oxygen atoms in total. The minimum atomic E-state index is -0.376. The number of benzene rings is 2. The van der Waals surface area contributed by atoms with Crippen molar-refractivity contribution in [2.45, 2.75) is 33.3 Å². The van der Waals surface area contributed by atoms with E-state index in [9.17, 15) is 9.90 Å². The van der Waals surface area contributed by atoms with Gasteiger partial charge in [0, 0.05) is 12.1 Å². The number of aliphatic hydroxyl groups is 1. The van der Waals surface area contributed by atoms with E-state index in [0.29, 0.717) is 18.5 Å². The van der Waals surface area contributed by atoms with E-state index in [1.54, 1.807) is 6.92 Å². The molecule has 2 aromatic carbocycles. The molecule has 0 saturated carbocycles. The Morgan fingerprint density at radius 3 is 2.35 bits per heavy atom. The molecular formula is C20H25NO2. The molecule has 1 amide bonds. The van der Waals surface area contributed by atoms with Crippen molar-refractivity contribution in [2.24, 2.45) is 5.41 Å². The molecule has 0 aliphatic rings. The van der Waals surface area contributed by atoms with E-state index in [0.717, 1.165) is 11.1 Å². The van der Waals surface area contributed by atoms with Gasteiger partial charge in [-0.05, 0) is 36.0 Å². The fourth-order valence-electron chi connectivity index (χ4n) is 2.84. The Morgan fingerprint density at radius 2 is 1.70 bits per heavy atom. The Morgan fingerprint density at radius 1 is 1.09 bits per heavy atom. The minimum Gasteiger partial charge on any atom is -0.393 e. The van der Waals surface area contributed by atoms with Gasteiger partial charge in [0.05, 0.1) is 6.10 Å². The number of aliphatic hydroxyl groups excluding tert-OH is 1. The molecule has 0 aliphatic carbocycles. The smallest absolute Gasteiger partial charge is 0.251 e. The molecule has 1 atom stereocenters. The third-order valence-electron chi connectivity index (χ3n) is 3.83. The van der Waals surface area contributed by atoms with Gasteiger partial charge in [-0.25, -0.2) is 0 Å². The van der Waals surface area contributed by atoms with Crippen LogP contribution in [0.15, 0.2) is 54.6 Å². The van der Waals surface area contributed by atoms with Gasteiger partial charge in [0.2, 0.25) is 0 Å². The molecular weight excluding hydrogens is 286 g/mol. The second-order valence-corrected chi connectivity index (χ2v) is 6.81. The zero-order chi connectivity index (χ0) is 16.9. The number of carbonyl (C=O) groups is 1. The second kappa shape index (κ2) is 7.42. The Balaban J connectivity index is 2.15. The van der Waals surface area contributed by atoms with Crippen molar-refractivity contribution < 1.29 is 9.90 Å². The zero-order valence-corrected chi connectivity index (χ0v) is 14.0. The highest BCUT2D eigenvalue weighted by molar-refractivity contribution is 6.00. The average molecular weight is 311 g/mol. The number of hydrogen-bond acceptors (Lipinski definition) is 2. The fraction of sp³-hybridized carbons (Fsp3) is 0.350. The molecule has 0 heterocycles. The third-order valence-corrected chi connectivity index (χ3v) is 3.83. The van der Waals surface area contributed by atoms with Gasteiger partial charge in [-0.1, -0.05) is 62.4 Å². The van der Waals surface area contributed by atoms with Gasteiger partial charge >= 0.3 is 0 Å². The summed E-state index contributed by atoms with van der Waals surface area (Å²) < 4.78 is 0. The summed E-state index contributed by atoms with van der Waals surface area (Å²) in [6.45, 7) is 6.39. The van der Waals surface area contributed by atoms with Crippen molar-refractivity contribution in [1.82, 2.24) is 5.32 Å². The van der Waals surface area contributed by atoms with Gasteiger partial charge in [-0.3, -0.25) is 4.79 Å². The summed E-state index contributed by atoms with van der Waals surface area (Å²) in [5.41, 5.74) is 2.48. The number of hydrogen-bond donors (Lipinski definition) is 2. The standard InChI is InChI=1S/C20H25NO2/c1-15(22)13-20(2,3)14-21-19(23)18-12-8-7-11-17(18)16-9-5-4-6-10-16/h4-12,15,22H,13-14H2,1-3H3,(H,21,23)/t15-/m1/s1. The maximum Gasteiger partial charge on any atom is 0.251 e. The highest BCUT2D eigenvalue weighted by Gasteiger charge is 2.22. The van der Waals surface area contributed by atoms with E-state index in [2.05, 4.69) is 5.32 Å². The quantitative estimate of drug-likeness (QED) is 0.850. The van der Waals surface area contributed by atoms with E-state index >= 15 is 0 Å². The predicted molar refractivity (Wildman–Crippen MR) is 94.3 cm³/mol. The molecule has 0 bridgehead atoms. The normalized spacial score (nSPS) is 12.7. The van der Waals surface area contributed by atoms with Crippen molar-refractivity contribution in [1.29, 1.82) is 0 Å². The highest BCUT2D eigenvalue weighted by Crippen LogP contribution is 2.24. The molecule has 2 rings (SSSR count). The molecule has 0 aliphatic heterocycles. The molecule has 0 radical (unpaired) electrons. The van der Waals surface area contributed by atoms with Crippen molar-refractivity contribution in [2.75, 3.05) is 6.54 Å². The van der Waals surface area contributed by atoms with Crippen molar-refractivity contribution >= 4 is 5.91 Å². The van der Waals surface area contributed by atoms with E-state index < -0.39 is 0 Å². The molecule has 0 unspecified atom stereocenters. The lowest BCUT2D eigenvalue weighted by Crippen LogP contribution is -2.35. The minimum absolute atomic E-state index is 0.0804. The van der Waals surface area contributed by atoms with E-state index in [-0.39, 0.29) is 17.4 Å². The van der Waals surface area contributed by atoms with Crippen LogP contribution in [0.1, 0.15) is 37.6 Å². The van der Waals surface area contributed by atoms with Gasteiger partial charge in [0.1, 0.15) is 0 Å². The van der Waals surface area contributed by atoms with Crippen molar-refractivity contribution in [3.05, 3.63) is 60.2 Å². The first kappa shape index (κ1) is 17.2. The van der Waals surface area contributed by atoms with E-state index in [1.165, 1.54) is 0 Å². The van der Waals surface area contributed by atoms with Crippen LogP contribution in [0.2, 0.25) is 0 Å². The Hall–Kier alpha value is -2.13. The Bertz CT molecular complexity index is 648. The lowest BCUT2D eigenvalue weighted by atomic mass is 9.87. The summed E-state index contributed by atoms with van der Waals surface area (Å²) in [5, 5.41) is 12.6. The van der Waals surface area contributed by atoms with E-state index in [4.69, 9.17) is 0 Å². The first-order valence-corrected chi connectivity index (χ1v) is 8.00. The van der Waals surface area contributed by atoms with Crippen LogP contribution in [-0.4, -0.2) is 23.7 Å². The first-order chi connectivity index (χ1) is 10.9. The highest BCUT2D eigenvalue weighted by atomic mass is 16.3. The van der Waals surface area contributed by atoms with Crippen LogP contribution >= 0.6 is 0 Å². The maximum absolute atomic E-state index is 12.6. The Kier molecular flexibility index (Phi) is 5.56. The molecule has 122 valence electrons. The SMILES string of the molecule is C[C@@H](O)CC(C)(C)CNC(=O)c1ccccc1-c1ccccc1. The molecule has 0 fully saturated rings. The predicted octanol–water partition coefficient (Wildman–Crippen LogP) is 3.88. The molecule has 23 heavy (non-hydrogen) atoms. The molecule has 0 saturated heterocycles. The molecule has 3 heteroatoms. The van der Waals surface area contributed by atoms with Crippen molar-refractivity contribution in [3.8, 4) is 11.1 Å². The zero-order valence-electron chi connectivity index (χ0n) is 14.0. The fourth-order valence-corrected chi connectivity index (χ4v) is 2.84. The number of nitrogens with one attached hydrogen (secondary N) is 1. The summed E-state index contributed by atoms with van der Waals surface area (Å²) in [6, 6.07) is 17.5. The van der Waals surface area contributed by atoms with Crippen LogP contribution in [-0.2, 0) is 0 Å². The third kappa shape index (κ3) is 4.93. The largest absolute Gasteiger partial charge is 0.393 e. The van der Waals surface area contributed by atoms with Crippen LogP contribution in [0, 0.1) is 5.41 Å². The molecule has 0 spiro atoms. The summed E-state index contributed by atoms with van der Waals surface area (Å²) >= 11 is 0. The molecule has 0 aromatic heterocycles. The van der Waals surface area contributed by atoms with Gasteiger partial charge in [0.25, 0.3) is 5.91 Å².